The molecule has 2 N–H and O–H groups in total. The Labute approximate surface area is 108 Å². The molecule has 0 radical (unpaired) electrons. The number of hydrogen-bond donors (Lipinski definition) is 2. The summed E-state index contributed by atoms with van der Waals surface area (Å²) in [7, 11) is 0. The Hall–Kier alpha value is -0.940. The van der Waals surface area contributed by atoms with Crippen molar-refractivity contribution < 1.29 is 9.13 Å². The van der Waals surface area contributed by atoms with E-state index in [0.717, 1.165) is 26.0 Å². The number of halogens is 2. The molecule has 1 aliphatic heterocycles. The number of rotatable bonds is 4. The van der Waals surface area contributed by atoms with Gasteiger partial charge in [0.15, 0.2) is 0 Å². The number of nitrogens with one attached hydrogen (secondary N) is 2. The summed E-state index contributed by atoms with van der Waals surface area (Å²) in [6.45, 7) is 4.27. The molecule has 0 bridgehead atoms. The lowest BCUT2D eigenvalue weighted by Crippen LogP contribution is -2.45. The van der Waals surface area contributed by atoms with E-state index >= 15 is 0 Å². The number of benzene rings is 1. The smallest absolute Gasteiger partial charge is 0.148 e. The van der Waals surface area contributed by atoms with E-state index in [1.54, 1.807) is 12.1 Å². The lowest BCUT2D eigenvalue weighted by Gasteiger charge is -2.38. The van der Waals surface area contributed by atoms with Gasteiger partial charge in [0.1, 0.15) is 5.82 Å². The van der Waals surface area contributed by atoms with E-state index in [9.17, 15) is 4.39 Å². The zero-order valence-electron chi connectivity index (χ0n) is 9.52. The molecule has 0 unspecified atom stereocenters. The minimum Gasteiger partial charge on any atom is -0.384 e. The second-order valence-electron chi connectivity index (χ2n) is 4.62. The molecule has 2 rings (SSSR count). The second-order valence-corrected chi connectivity index (χ2v) is 5.48. The van der Waals surface area contributed by atoms with Gasteiger partial charge in [-0.05, 0) is 28.1 Å². The van der Waals surface area contributed by atoms with E-state index in [1.165, 1.54) is 0 Å². The number of hydrogen-bond acceptors (Lipinski definition) is 3. The van der Waals surface area contributed by atoms with Crippen molar-refractivity contribution in [3.8, 4) is 0 Å². The van der Waals surface area contributed by atoms with Gasteiger partial charge in [-0.3, -0.25) is 0 Å². The quantitative estimate of drug-likeness (QED) is 0.840. The maximum absolute atomic E-state index is 13.7. The molecule has 17 heavy (non-hydrogen) atoms. The first-order valence-electron chi connectivity index (χ1n) is 5.36. The topological polar surface area (TPSA) is 45.1 Å². The third-order valence-corrected chi connectivity index (χ3v) is 3.50. The fraction of sp³-hybridized carbons (Fsp3) is 0.417. The SMILES string of the molecule is CC1(CNc2ccc(Br)c(F)c2C=N)COC1. The van der Waals surface area contributed by atoms with Crippen LogP contribution >= 0.6 is 15.9 Å². The third-order valence-electron chi connectivity index (χ3n) is 2.88. The molecule has 0 aromatic heterocycles. The summed E-state index contributed by atoms with van der Waals surface area (Å²) < 4.78 is 19.2. The lowest BCUT2D eigenvalue weighted by molar-refractivity contribution is -0.0924. The Bertz CT molecular complexity index is 446. The van der Waals surface area contributed by atoms with Gasteiger partial charge in [-0.2, -0.15) is 0 Å². The Balaban J connectivity index is 2.15. The molecule has 0 spiro atoms. The van der Waals surface area contributed by atoms with Crippen LogP contribution in [0.1, 0.15) is 12.5 Å². The van der Waals surface area contributed by atoms with Crippen LogP contribution in [-0.4, -0.2) is 26.0 Å². The zero-order chi connectivity index (χ0) is 12.5. The molecule has 0 aliphatic carbocycles. The molecule has 0 atom stereocenters. The fourth-order valence-corrected chi connectivity index (χ4v) is 2.07. The average molecular weight is 301 g/mol. The molecule has 1 aliphatic rings. The van der Waals surface area contributed by atoms with E-state index in [1.807, 2.05) is 0 Å². The summed E-state index contributed by atoms with van der Waals surface area (Å²) in [6.07, 6.45) is 1.03. The monoisotopic (exact) mass is 300 g/mol. The van der Waals surface area contributed by atoms with E-state index in [0.29, 0.717) is 10.2 Å². The van der Waals surface area contributed by atoms with Gasteiger partial charge in [0.2, 0.25) is 0 Å². The highest BCUT2D eigenvalue weighted by molar-refractivity contribution is 9.10. The molecule has 3 nitrogen and oxygen atoms in total. The van der Waals surface area contributed by atoms with Gasteiger partial charge in [0.25, 0.3) is 0 Å². The Kier molecular flexibility index (Phi) is 3.49. The largest absolute Gasteiger partial charge is 0.384 e. The first-order valence-corrected chi connectivity index (χ1v) is 6.15. The maximum Gasteiger partial charge on any atom is 0.148 e. The van der Waals surface area contributed by atoms with Crippen molar-refractivity contribution in [1.29, 1.82) is 5.41 Å². The molecule has 0 amide bonds. The highest BCUT2D eigenvalue weighted by Crippen LogP contribution is 2.29. The van der Waals surface area contributed by atoms with Crippen molar-refractivity contribution in [2.45, 2.75) is 6.92 Å². The van der Waals surface area contributed by atoms with Crippen LogP contribution in [0.2, 0.25) is 0 Å². The number of anilines is 1. The normalized spacial score (nSPS) is 17.4. The Morgan fingerprint density at radius 2 is 2.29 bits per heavy atom. The standard InChI is InChI=1S/C12H14BrFN2O/c1-12(6-17-7-12)5-16-10-3-2-9(13)11(14)8(10)4-15/h2-4,15-16H,5-7H2,1H3. The summed E-state index contributed by atoms with van der Waals surface area (Å²) in [5, 5.41) is 10.4. The summed E-state index contributed by atoms with van der Waals surface area (Å²) in [6, 6.07) is 3.42. The van der Waals surface area contributed by atoms with Crippen molar-refractivity contribution in [3.05, 3.63) is 28.0 Å². The van der Waals surface area contributed by atoms with Crippen LogP contribution in [0, 0.1) is 16.6 Å². The van der Waals surface area contributed by atoms with Crippen LogP contribution < -0.4 is 5.32 Å². The third kappa shape index (κ3) is 2.50. The van der Waals surface area contributed by atoms with Crippen molar-refractivity contribution in [3.63, 3.8) is 0 Å². The van der Waals surface area contributed by atoms with Crippen LogP contribution in [-0.2, 0) is 4.74 Å². The molecule has 1 heterocycles. The molecule has 1 aromatic rings. The van der Waals surface area contributed by atoms with Gasteiger partial charge in [0, 0.05) is 23.9 Å². The van der Waals surface area contributed by atoms with Gasteiger partial charge in [-0.15, -0.1) is 0 Å². The molecular weight excluding hydrogens is 287 g/mol. The Morgan fingerprint density at radius 1 is 1.59 bits per heavy atom. The highest BCUT2D eigenvalue weighted by atomic mass is 79.9. The van der Waals surface area contributed by atoms with Crippen molar-refractivity contribution >= 4 is 27.8 Å². The minimum absolute atomic E-state index is 0.114. The van der Waals surface area contributed by atoms with E-state index in [2.05, 4.69) is 28.2 Å². The van der Waals surface area contributed by atoms with Crippen molar-refractivity contribution in [2.75, 3.05) is 25.1 Å². The summed E-state index contributed by atoms with van der Waals surface area (Å²) in [5.74, 6) is -0.403. The van der Waals surface area contributed by atoms with Crippen LogP contribution in [0.3, 0.4) is 0 Å². The van der Waals surface area contributed by atoms with Crippen molar-refractivity contribution in [1.82, 2.24) is 0 Å². The van der Waals surface area contributed by atoms with Gasteiger partial charge >= 0.3 is 0 Å². The number of ether oxygens (including phenoxy) is 1. The molecule has 1 aromatic carbocycles. The molecule has 1 saturated heterocycles. The van der Waals surface area contributed by atoms with Gasteiger partial charge in [0.05, 0.1) is 23.2 Å². The first kappa shape index (κ1) is 12.5. The Morgan fingerprint density at radius 3 is 2.82 bits per heavy atom. The summed E-state index contributed by atoms with van der Waals surface area (Å²) >= 11 is 3.11. The van der Waals surface area contributed by atoms with Crippen LogP contribution in [0.4, 0.5) is 10.1 Å². The molecular formula is C12H14BrFN2O. The highest BCUT2D eigenvalue weighted by Gasteiger charge is 2.33. The molecule has 5 heteroatoms. The van der Waals surface area contributed by atoms with Gasteiger partial charge in [-0.1, -0.05) is 6.92 Å². The van der Waals surface area contributed by atoms with Crippen LogP contribution in [0.5, 0.6) is 0 Å². The summed E-state index contributed by atoms with van der Waals surface area (Å²) in [5.41, 5.74) is 1.04. The van der Waals surface area contributed by atoms with E-state index in [4.69, 9.17) is 10.1 Å². The predicted molar refractivity (Wildman–Crippen MR) is 69.4 cm³/mol. The summed E-state index contributed by atoms with van der Waals surface area (Å²) in [4.78, 5) is 0. The molecule has 1 fully saturated rings. The lowest BCUT2D eigenvalue weighted by atomic mass is 9.88. The van der Waals surface area contributed by atoms with Crippen molar-refractivity contribution in [2.24, 2.45) is 5.41 Å². The first-order chi connectivity index (χ1) is 8.06. The van der Waals surface area contributed by atoms with Crippen LogP contribution in [0.15, 0.2) is 16.6 Å². The second kappa shape index (κ2) is 4.74. The molecule has 92 valence electrons. The van der Waals surface area contributed by atoms with Gasteiger partial charge < -0.3 is 15.5 Å². The van der Waals surface area contributed by atoms with E-state index < -0.39 is 5.82 Å². The zero-order valence-corrected chi connectivity index (χ0v) is 11.1. The van der Waals surface area contributed by atoms with Crippen LogP contribution in [0.25, 0.3) is 0 Å². The van der Waals surface area contributed by atoms with E-state index in [-0.39, 0.29) is 11.0 Å². The van der Waals surface area contributed by atoms with Gasteiger partial charge in [-0.25, -0.2) is 4.39 Å². The minimum atomic E-state index is -0.403. The fourth-order valence-electron chi connectivity index (χ4n) is 1.72. The maximum atomic E-state index is 13.7. The predicted octanol–water partition coefficient (Wildman–Crippen LogP) is 3.03. The molecule has 0 saturated carbocycles. The average Bonchev–Trinajstić information content (AvgIpc) is 2.28.